The van der Waals surface area contributed by atoms with Crippen molar-refractivity contribution in [2.75, 3.05) is 11.9 Å². The van der Waals surface area contributed by atoms with E-state index in [1.54, 1.807) is 5.32 Å². The predicted octanol–water partition coefficient (Wildman–Crippen LogP) is 2.20. The third-order valence-electron chi connectivity index (χ3n) is 3.29. The number of ether oxygens (including phenoxy) is 1. The Kier molecular flexibility index (Phi) is 5.80. The highest BCUT2D eigenvalue weighted by Crippen LogP contribution is 2.34. The average molecular weight is 407 g/mol. The van der Waals surface area contributed by atoms with Gasteiger partial charge in [0.05, 0.1) is 11.5 Å². The first-order valence-electron chi connectivity index (χ1n) is 7.56. The van der Waals surface area contributed by atoms with E-state index in [1.807, 2.05) is 0 Å². The van der Waals surface area contributed by atoms with Gasteiger partial charge >= 0.3 is 12.1 Å². The standard InChI is InChI=1S/C15H16F3N3O5S/c1-3-25-13(22)14(15(16,17)18,19-12-9-10(2)26-20-12)21-27(23,24)11-7-5-4-6-8-11/h4-9,21H,3H2,1-2H3,(H,19,20)/t14-/m0/s1. The summed E-state index contributed by atoms with van der Waals surface area (Å²) in [5, 5.41) is 5.10. The Morgan fingerprint density at radius 3 is 2.37 bits per heavy atom. The number of halogens is 3. The summed E-state index contributed by atoms with van der Waals surface area (Å²) >= 11 is 0. The lowest BCUT2D eigenvalue weighted by molar-refractivity contribution is -0.202. The second-order valence-corrected chi connectivity index (χ2v) is 7.02. The van der Waals surface area contributed by atoms with Crippen molar-refractivity contribution < 1.29 is 35.6 Å². The first-order chi connectivity index (χ1) is 12.5. The maximum atomic E-state index is 13.9. The van der Waals surface area contributed by atoms with Crippen molar-refractivity contribution in [1.29, 1.82) is 0 Å². The van der Waals surface area contributed by atoms with Crippen molar-refractivity contribution in [2.45, 2.75) is 30.6 Å². The second-order valence-electron chi connectivity index (χ2n) is 5.33. The molecule has 0 aliphatic carbocycles. The Morgan fingerprint density at radius 1 is 1.26 bits per heavy atom. The number of benzene rings is 1. The van der Waals surface area contributed by atoms with E-state index in [4.69, 9.17) is 0 Å². The third-order valence-corrected chi connectivity index (χ3v) is 4.76. The molecule has 0 saturated heterocycles. The van der Waals surface area contributed by atoms with E-state index in [1.165, 1.54) is 36.8 Å². The molecular weight excluding hydrogens is 391 g/mol. The first kappa shape index (κ1) is 20.7. The number of aromatic nitrogens is 1. The third kappa shape index (κ3) is 4.39. The maximum Gasteiger partial charge on any atom is 0.437 e. The Balaban J connectivity index is 2.57. The van der Waals surface area contributed by atoms with Crippen LogP contribution in [0.1, 0.15) is 12.7 Å². The summed E-state index contributed by atoms with van der Waals surface area (Å²) in [5.74, 6) is -2.25. The van der Waals surface area contributed by atoms with Gasteiger partial charge in [0.25, 0.3) is 5.66 Å². The van der Waals surface area contributed by atoms with Gasteiger partial charge < -0.3 is 14.6 Å². The molecule has 1 heterocycles. The van der Waals surface area contributed by atoms with Gasteiger partial charge in [0.2, 0.25) is 10.0 Å². The monoisotopic (exact) mass is 407 g/mol. The topological polar surface area (TPSA) is 111 Å². The average Bonchev–Trinajstić information content (AvgIpc) is 2.99. The van der Waals surface area contributed by atoms with E-state index in [-0.39, 0.29) is 5.76 Å². The summed E-state index contributed by atoms with van der Waals surface area (Å²) in [6.07, 6.45) is -5.42. The molecule has 2 aromatic rings. The van der Waals surface area contributed by atoms with Gasteiger partial charge in [0.15, 0.2) is 5.82 Å². The lowest BCUT2D eigenvalue weighted by Crippen LogP contribution is -2.69. The highest BCUT2D eigenvalue weighted by atomic mass is 32.2. The van der Waals surface area contributed by atoms with Crippen LogP contribution in [-0.2, 0) is 19.6 Å². The fourth-order valence-electron chi connectivity index (χ4n) is 2.08. The molecule has 0 radical (unpaired) electrons. The fraction of sp³-hybridized carbons (Fsp3) is 0.333. The molecule has 0 spiro atoms. The zero-order valence-corrected chi connectivity index (χ0v) is 15.0. The van der Waals surface area contributed by atoms with Crippen LogP contribution in [0.25, 0.3) is 0 Å². The van der Waals surface area contributed by atoms with Gasteiger partial charge in [-0.2, -0.15) is 17.9 Å². The number of esters is 1. The van der Waals surface area contributed by atoms with Gasteiger partial charge in [-0.05, 0) is 26.0 Å². The van der Waals surface area contributed by atoms with Gasteiger partial charge in [-0.15, -0.1) is 0 Å². The second kappa shape index (κ2) is 7.56. The molecule has 2 N–H and O–H groups in total. The van der Waals surface area contributed by atoms with Crippen LogP contribution in [0.4, 0.5) is 19.0 Å². The number of carbonyl (C=O) groups is 1. The molecular formula is C15H16F3N3O5S. The molecule has 0 aliphatic heterocycles. The lowest BCUT2D eigenvalue weighted by Gasteiger charge is -2.34. The number of sulfonamides is 1. The lowest BCUT2D eigenvalue weighted by atomic mass is 10.1. The number of nitrogens with one attached hydrogen (secondary N) is 2. The molecule has 1 atom stereocenters. The normalized spacial score (nSPS) is 14.4. The highest BCUT2D eigenvalue weighted by molar-refractivity contribution is 7.89. The Bertz CT molecular complexity index is 899. The molecule has 0 unspecified atom stereocenters. The molecule has 0 saturated carbocycles. The Labute approximate surface area is 152 Å². The molecule has 1 aromatic carbocycles. The number of alkyl halides is 3. The molecule has 0 amide bonds. The minimum Gasteiger partial charge on any atom is -0.463 e. The van der Waals surface area contributed by atoms with Gasteiger partial charge in [-0.25, -0.2) is 13.2 Å². The van der Waals surface area contributed by atoms with E-state index in [9.17, 15) is 26.4 Å². The van der Waals surface area contributed by atoms with Gasteiger partial charge in [-0.3, -0.25) is 0 Å². The van der Waals surface area contributed by atoms with Crippen LogP contribution in [0.2, 0.25) is 0 Å². The van der Waals surface area contributed by atoms with Crippen LogP contribution in [-0.4, -0.2) is 38.0 Å². The van der Waals surface area contributed by atoms with Crippen molar-refractivity contribution in [3.8, 4) is 0 Å². The van der Waals surface area contributed by atoms with Gasteiger partial charge in [0.1, 0.15) is 5.76 Å². The fourth-order valence-corrected chi connectivity index (χ4v) is 3.37. The van der Waals surface area contributed by atoms with Crippen LogP contribution in [0.5, 0.6) is 0 Å². The smallest absolute Gasteiger partial charge is 0.437 e. The summed E-state index contributed by atoms with van der Waals surface area (Å²) in [5.41, 5.74) is -3.82. The summed E-state index contributed by atoms with van der Waals surface area (Å²) in [4.78, 5) is 11.8. The van der Waals surface area contributed by atoms with Crippen LogP contribution >= 0.6 is 0 Å². The van der Waals surface area contributed by atoms with Crippen LogP contribution in [0.15, 0.2) is 45.8 Å². The minimum absolute atomic E-state index is 0.142. The molecule has 0 aliphatic rings. The van der Waals surface area contributed by atoms with Crippen molar-refractivity contribution in [1.82, 2.24) is 9.88 Å². The number of hydrogen-bond donors (Lipinski definition) is 2. The van der Waals surface area contributed by atoms with Crippen LogP contribution in [0.3, 0.4) is 0 Å². The summed E-state index contributed by atoms with van der Waals surface area (Å²) < 4.78 is 77.3. The highest BCUT2D eigenvalue weighted by Gasteiger charge is 2.65. The van der Waals surface area contributed by atoms with Crippen molar-refractivity contribution in [3.63, 3.8) is 0 Å². The van der Waals surface area contributed by atoms with E-state index in [0.717, 1.165) is 18.2 Å². The van der Waals surface area contributed by atoms with E-state index in [2.05, 4.69) is 14.4 Å². The van der Waals surface area contributed by atoms with Crippen LogP contribution < -0.4 is 10.0 Å². The Morgan fingerprint density at radius 2 is 1.89 bits per heavy atom. The van der Waals surface area contributed by atoms with Gasteiger partial charge in [0, 0.05) is 6.07 Å². The number of nitrogens with zero attached hydrogens (tertiary/aromatic N) is 1. The van der Waals surface area contributed by atoms with Crippen LogP contribution in [0, 0.1) is 6.92 Å². The zero-order chi connectivity index (χ0) is 20.3. The maximum absolute atomic E-state index is 13.9. The zero-order valence-electron chi connectivity index (χ0n) is 14.2. The summed E-state index contributed by atoms with van der Waals surface area (Å²) in [6.45, 7) is 2.28. The Hall–Kier alpha value is -2.60. The molecule has 8 nitrogen and oxygen atoms in total. The molecule has 0 bridgehead atoms. The van der Waals surface area contributed by atoms with Crippen molar-refractivity contribution >= 4 is 21.8 Å². The number of anilines is 1. The largest absolute Gasteiger partial charge is 0.463 e. The number of hydrogen-bond acceptors (Lipinski definition) is 7. The van der Waals surface area contributed by atoms with E-state index < -0.39 is 45.2 Å². The molecule has 1 aromatic heterocycles. The first-order valence-corrected chi connectivity index (χ1v) is 9.04. The van der Waals surface area contributed by atoms with Crippen molar-refractivity contribution in [2.24, 2.45) is 0 Å². The van der Waals surface area contributed by atoms with Gasteiger partial charge in [-0.1, -0.05) is 23.4 Å². The van der Waals surface area contributed by atoms with Crippen molar-refractivity contribution in [3.05, 3.63) is 42.2 Å². The molecule has 12 heteroatoms. The number of aryl methyl sites for hydroxylation is 1. The molecule has 27 heavy (non-hydrogen) atoms. The summed E-state index contributed by atoms with van der Waals surface area (Å²) in [6, 6.07) is 7.35. The SMILES string of the molecule is CCOC(=O)[C@](Nc1cc(C)on1)(NS(=O)(=O)c1ccccc1)C(F)(F)F. The number of rotatable bonds is 7. The summed E-state index contributed by atoms with van der Waals surface area (Å²) in [7, 11) is -4.77. The van der Waals surface area contributed by atoms with E-state index in [0.29, 0.717) is 0 Å². The molecule has 148 valence electrons. The number of carbonyl (C=O) groups excluding carboxylic acids is 1. The minimum atomic E-state index is -5.42. The quantitative estimate of drug-likeness (QED) is 0.535. The molecule has 2 rings (SSSR count). The van der Waals surface area contributed by atoms with E-state index >= 15 is 0 Å². The predicted molar refractivity (Wildman–Crippen MR) is 87.0 cm³/mol. The molecule has 0 fully saturated rings.